The molecule has 0 aromatic carbocycles. The van der Waals surface area contributed by atoms with Gasteiger partial charge in [0.15, 0.2) is 5.82 Å². The van der Waals surface area contributed by atoms with Crippen LogP contribution in [0.15, 0.2) is 35.4 Å². The third-order valence-electron chi connectivity index (χ3n) is 1.75. The number of aromatic amines is 1. The number of nitrogens with zero attached hydrogens (tertiary/aromatic N) is 3. The number of nitriles is 1. The van der Waals surface area contributed by atoms with Gasteiger partial charge in [-0.2, -0.15) is 5.26 Å². The number of aromatic nitrogens is 3. The lowest BCUT2D eigenvalue weighted by Crippen LogP contribution is -2.14. The zero-order valence-electron chi connectivity index (χ0n) is 7.14. The Morgan fingerprint density at radius 1 is 1.50 bits per heavy atom. The fraction of sp³-hybridized carbons (Fsp3) is 0. The van der Waals surface area contributed by atoms with Gasteiger partial charge < -0.3 is 0 Å². The van der Waals surface area contributed by atoms with Crippen molar-refractivity contribution in [3.8, 4) is 11.9 Å². The van der Waals surface area contributed by atoms with E-state index < -0.39 is 0 Å². The standard InChI is InChI=1S/C9H6N4O/c10-6-7-1-3-11-8(5-7)13-9(14)2-4-12-13/h1-5,12H. The molecule has 0 unspecified atom stereocenters. The van der Waals surface area contributed by atoms with Crippen molar-refractivity contribution in [2.45, 2.75) is 0 Å². The van der Waals surface area contributed by atoms with E-state index in [4.69, 9.17) is 5.26 Å². The van der Waals surface area contributed by atoms with Gasteiger partial charge in [-0.15, -0.1) is 0 Å². The lowest BCUT2D eigenvalue weighted by molar-refractivity contribution is 0.818. The number of H-pyrrole nitrogens is 1. The summed E-state index contributed by atoms with van der Waals surface area (Å²) in [4.78, 5) is 15.2. The van der Waals surface area contributed by atoms with Crippen molar-refractivity contribution in [3.05, 3.63) is 46.5 Å². The summed E-state index contributed by atoms with van der Waals surface area (Å²) >= 11 is 0. The molecule has 2 rings (SSSR count). The smallest absolute Gasteiger partial charge is 0.272 e. The van der Waals surface area contributed by atoms with Crippen LogP contribution in [-0.2, 0) is 0 Å². The van der Waals surface area contributed by atoms with E-state index in [1.807, 2.05) is 6.07 Å². The Morgan fingerprint density at radius 3 is 3.00 bits per heavy atom. The van der Waals surface area contributed by atoms with Gasteiger partial charge in [0.05, 0.1) is 11.6 Å². The van der Waals surface area contributed by atoms with Crippen molar-refractivity contribution in [2.75, 3.05) is 0 Å². The van der Waals surface area contributed by atoms with E-state index in [0.29, 0.717) is 11.4 Å². The molecular weight excluding hydrogens is 180 g/mol. The predicted octanol–water partition coefficient (Wildman–Crippen LogP) is 0.432. The van der Waals surface area contributed by atoms with Gasteiger partial charge in [0.1, 0.15) is 0 Å². The molecule has 5 heteroatoms. The maximum Gasteiger partial charge on any atom is 0.272 e. The summed E-state index contributed by atoms with van der Waals surface area (Å²) in [6.07, 6.45) is 3.00. The minimum atomic E-state index is -0.201. The predicted molar refractivity (Wildman–Crippen MR) is 48.9 cm³/mol. The lowest BCUT2D eigenvalue weighted by atomic mass is 10.3. The molecule has 2 heterocycles. The number of rotatable bonds is 1. The Bertz CT molecular complexity index is 546. The van der Waals surface area contributed by atoms with Crippen LogP contribution in [0.25, 0.3) is 5.82 Å². The first kappa shape index (κ1) is 8.26. The fourth-order valence-electron chi connectivity index (χ4n) is 1.11. The van der Waals surface area contributed by atoms with E-state index in [0.717, 1.165) is 0 Å². The van der Waals surface area contributed by atoms with Gasteiger partial charge in [0, 0.05) is 24.5 Å². The second kappa shape index (κ2) is 3.18. The molecule has 0 aliphatic heterocycles. The van der Waals surface area contributed by atoms with E-state index in [1.54, 1.807) is 6.07 Å². The topological polar surface area (TPSA) is 74.5 Å². The zero-order valence-corrected chi connectivity index (χ0v) is 7.14. The molecular formula is C9H6N4O. The van der Waals surface area contributed by atoms with E-state index in [2.05, 4.69) is 10.1 Å². The Morgan fingerprint density at radius 2 is 2.36 bits per heavy atom. The number of hydrogen-bond donors (Lipinski definition) is 1. The molecule has 0 saturated carbocycles. The van der Waals surface area contributed by atoms with Gasteiger partial charge in [-0.25, -0.2) is 9.67 Å². The van der Waals surface area contributed by atoms with Crippen molar-refractivity contribution < 1.29 is 0 Å². The molecule has 5 nitrogen and oxygen atoms in total. The minimum absolute atomic E-state index is 0.201. The summed E-state index contributed by atoms with van der Waals surface area (Å²) in [6, 6.07) is 6.49. The van der Waals surface area contributed by atoms with E-state index in [1.165, 1.54) is 29.2 Å². The first-order valence-corrected chi connectivity index (χ1v) is 3.94. The van der Waals surface area contributed by atoms with Crippen LogP contribution in [0.1, 0.15) is 5.56 Å². The molecule has 0 saturated heterocycles. The first-order chi connectivity index (χ1) is 6.81. The van der Waals surface area contributed by atoms with E-state index in [-0.39, 0.29) is 5.56 Å². The Kier molecular flexibility index (Phi) is 1.88. The van der Waals surface area contributed by atoms with Crippen molar-refractivity contribution in [1.82, 2.24) is 14.8 Å². The maximum absolute atomic E-state index is 11.2. The Labute approximate surface area is 79.2 Å². The van der Waals surface area contributed by atoms with Gasteiger partial charge in [0.2, 0.25) is 0 Å². The number of nitrogens with one attached hydrogen (secondary N) is 1. The molecule has 14 heavy (non-hydrogen) atoms. The number of pyridine rings is 1. The average molecular weight is 186 g/mol. The van der Waals surface area contributed by atoms with Crippen LogP contribution in [0.2, 0.25) is 0 Å². The van der Waals surface area contributed by atoms with Crippen LogP contribution in [0.3, 0.4) is 0 Å². The Hall–Kier alpha value is -2.35. The average Bonchev–Trinajstić information content (AvgIpc) is 2.65. The third kappa shape index (κ3) is 1.29. The summed E-state index contributed by atoms with van der Waals surface area (Å²) in [5, 5.41) is 11.4. The van der Waals surface area contributed by atoms with Crippen LogP contribution >= 0.6 is 0 Å². The normalized spacial score (nSPS) is 9.64. The lowest BCUT2D eigenvalue weighted by Gasteiger charge is -1.99. The molecule has 1 N–H and O–H groups in total. The van der Waals surface area contributed by atoms with Crippen molar-refractivity contribution in [1.29, 1.82) is 5.26 Å². The molecule has 0 bridgehead atoms. The summed E-state index contributed by atoms with van der Waals surface area (Å²) in [5.74, 6) is 0.416. The zero-order chi connectivity index (χ0) is 9.97. The second-order valence-electron chi connectivity index (χ2n) is 2.65. The van der Waals surface area contributed by atoms with Crippen LogP contribution in [0.5, 0.6) is 0 Å². The molecule has 0 amide bonds. The second-order valence-corrected chi connectivity index (χ2v) is 2.65. The summed E-state index contributed by atoms with van der Waals surface area (Å²) in [7, 11) is 0. The summed E-state index contributed by atoms with van der Waals surface area (Å²) < 4.78 is 1.26. The Balaban J connectivity index is 2.59. The molecule has 0 atom stereocenters. The number of hydrogen-bond acceptors (Lipinski definition) is 3. The van der Waals surface area contributed by atoms with Crippen LogP contribution in [0, 0.1) is 11.3 Å². The van der Waals surface area contributed by atoms with Gasteiger partial charge in [-0.1, -0.05) is 0 Å². The quantitative estimate of drug-likeness (QED) is 0.701. The maximum atomic E-state index is 11.2. The third-order valence-corrected chi connectivity index (χ3v) is 1.75. The largest absolute Gasteiger partial charge is 0.297 e. The minimum Gasteiger partial charge on any atom is -0.297 e. The van der Waals surface area contributed by atoms with Crippen molar-refractivity contribution in [3.63, 3.8) is 0 Å². The van der Waals surface area contributed by atoms with E-state index >= 15 is 0 Å². The van der Waals surface area contributed by atoms with Crippen molar-refractivity contribution >= 4 is 0 Å². The molecule has 2 aromatic rings. The molecule has 0 aliphatic rings. The monoisotopic (exact) mass is 186 g/mol. The van der Waals surface area contributed by atoms with Crippen molar-refractivity contribution in [2.24, 2.45) is 0 Å². The molecule has 2 aromatic heterocycles. The molecule has 0 radical (unpaired) electrons. The summed E-state index contributed by atoms with van der Waals surface area (Å²) in [5.41, 5.74) is 0.268. The van der Waals surface area contributed by atoms with Gasteiger partial charge in [-0.3, -0.25) is 9.89 Å². The molecule has 68 valence electrons. The SMILES string of the molecule is N#Cc1ccnc(-n2[nH]ccc2=O)c1. The highest BCUT2D eigenvalue weighted by molar-refractivity contribution is 5.34. The van der Waals surface area contributed by atoms with Gasteiger partial charge in [-0.05, 0) is 6.07 Å². The highest BCUT2D eigenvalue weighted by atomic mass is 16.1. The van der Waals surface area contributed by atoms with Gasteiger partial charge >= 0.3 is 0 Å². The summed E-state index contributed by atoms with van der Waals surface area (Å²) in [6.45, 7) is 0. The molecule has 0 aliphatic carbocycles. The first-order valence-electron chi connectivity index (χ1n) is 3.94. The van der Waals surface area contributed by atoms with Crippen LogP contribution in [-0.4, -0.2) is 14.8 Å². The molecule has 0 spiro atoms. The van der Waals surface area contributed by atoms with E-state index in [9.17, 15) is 4.79 Å². The highest BCUT2D eigenvalue weighted by Crippen LogP contribution is 2.02. The van der Waals surface area contributed by atoms with Gasteiger partial charge in [0.25, 0.3) is 5.56 Å². The van der Waals surface area contributed by atoms with Crippen LogP contribution in [0.4, 0.5) is 0 Å². The van der Waals surface area contributed by atoms with Crippen LogP contribution < -0.4 is 5.56 Å². The molecule has 0 fully saturated rings. The highest BCUT2D eigenvalue weighted by Gasteiger charge is 2.01. The fourth-order valence-corrected chi connectivity index (χ4v) is 1.11.